The zero-order chi connectivity index (χ0) is 20.0. The van der Waals surface area contributed by atoms with Crippen molar-refractivity contribution >= 4 is 28.9 Å². The molecule has 2 atom stereocenters. The molecule has 2 heterocycles. The number of hydrogen-bond acceptors (Lipinski definition) is 4. The average Bonchev–Trinajstić information content (AvgIpc) is 3.18. The molecule has 0 unspecified atom stereocenters. The summed E-state index contributed by atoms with van der Waals surface area (Å²) >= 11 is 12.6. The molecule has 0 N–H and O–H groups in total. The minimum absolute atomic E-state index is 0.0524. The van der Waals surface area contributed by atoms with Crippen molar-refractivity contribution in [2.24, 2.45) is 5.10 Å². The van der Waals surface area contributed by atoms with Crippen molar-refractivity contribution in [3.05, 3.63) is 93.5 Å². The van der Waals surface area contributed by atoms with Crippen LogP contribution in [0.2, 0.25) is 10.0 Å². The molecular formula is C23H18Cl2N2O2. The summed E-state index contributed by atoms with van der Waals surface area (Å²) in [5, 5.41) is 8.16. The lowest BCUT2D eigenvalue weighted by Crippen LogP contribution is -2.33. The number of hydrazone groups is 1. The standard InChI is InChI=1S/C23H18Cl2N2O2/c1-28-21-8-4-3-7-17(21)23-27-20(16-6-2-5-9-22(16)29-23)13-19(26-27)15-11-10-14(24)12-18(15)25/h2-12,20,23H,13H2,1H3/t20-,23+/m0/s1. The molecule has 0 spiro atoms. The summed E-state index contributed by atoms with van der Waals surface area (Å²) in [7, 11) is 1.67. The molecule has 3 aromatic rings. The van der Waals surface area contributed by atoms with Gasteiger partial charge in [0.15, 0.2) is 0 Å². The van der Waals surface area contributed by atoms with E-state index in [1.165, 1.54) is 0 Å². The van der Waals surface area contributed by atoms with E-state index in [9.17, 15) is 0 Å². The topological polar surface area (TPSA) is 34.1 Å². The molecule has 4 nitrogen and oxygen atoms in total. The number of rotatable bonds is 3. The Morgan fingerprint density at radius 1 is 1.00 bits per heavy atom. The van der Waals surface area contributed by atoms with Crippen LogP contribution in [0.1, 0.15) is 35.4 Å². The summed E-state index contributed by atoms with van der Waals surface area (Å²) in [5.74, 6) is 1.63. The van der Waals surface area contributed by atoms with Crippen LogP contribution in [0.15, 0.2) is 71.8 Å². The lowest BCUT2D eigenvalue weighted by atomic mass is 9.96. The van der Waals surface area contributed by atoms with E-state index in [1.807, 2.05) is 59.6 Å². The molecule has 0 amide bonds. The molecule has 6 heteroatoms. The van der Waals surface area contributed by atoms with Gasteiger partial charge in [-0.3, -0.25) is 0 Å². The molecule has 29 heavy (non-hydrogen) atoms. The Kier molecular flexibility index (Phi) is 4.61. The summed E-state index contributed by atoms with van der Waals surface area (Å²) in [4.78, 5) is 0. The number of hydrogen-bond donors (Lipinski definition) is 0. The fourth-order valence-corrected chi connectivity index (χ4v) is 4.51. The molecule has 0 aromatic heterocycles. The van der Waals surface area contributed by atoms with Crippen molar-refractivity contribution in [1.29, 1.82) is 0 Å². The van der Waals surface area contributed by atoms with Gasteiger partial charge in [-0.2, -0.15) is 5.10 Å². The van der Waals surface area contributed by atoms with Gasteiger partial charge < -0.3 is 9.47 Å². The maximum Gasteiger partial charge on any atom is 0.217 e. The van der Waals surface area contributed by atoms with Crippen molar-refractivity contribution in [3.63, 3.8) is 0 Å². The molecular weight excluding hydrogens is 407 g/mol. The molecule has 2 aliphatic heterocycles. The normalized spacial score (nSPS) is 19.8. The van der Waals surface area contributed by atoms with Crippen molar-refractivity contribution in [3.8, 4) is 11.5 Å². The van der Waals surface area contributed by atoms with Crippen molar-refractivity contribution in [1.82, 2.24) is 5.01 Å². The average molecular weight is 425 g/mol. The van der Waals surface area contributed by atoms with Gasteiger partial charge in [0.25, 0.3) is 0 Å². The Hall–Kier alpha value is -2.69. The monoisotopic (exact) mass is 424 g/mol. The maximum atomic E-state index is 6.47. The zero-order valence-electron chi connectivity index (χ0n) is 15.7. The van der Waals surface area contributed by atoms with Crippen LogP contribution in [0.5, 0.6) is 11.5 Å². The highest BCUT2D eigenvalue weighted by molar-refractivity contribution is 6.37. The molecule has 5 rings (SSSR count). The highest BCUT2D eigenvalue weighted by atomic mass is 35.5. The second-order valence-corrected chi connectivity index (χ2v) is 7.86. The fraction of sp³-hybridized carbons (Fsp3) is 0.174. The van der Waals surface area contributed by atoms with Crippen LogP contribution in [0.4, 0.5) is 0 Å². The van der Waals surface area contributed by atoms with E-state index in [0.717, 1.165) is 40.3 Å². The van der Waals surface area contributed by atoms with Crippen LogP contribution >= 0.6 is 23.2 Å². The van der Waals surface area contributed by atoms with E-state index in [2.05, 4.69) is 6.07 Å². The number of para-hydroxylation sites is 2. The lowest BCUT2D eigenvalue weighted by molar-refractivity contribution is -0.0203. The third-order valence-electron chi connectivity index (χ3n) is 5.35. The summed E-state index contributed by atoms with van der Waals surface area (Å²) in [6.07, 6.45) is 0.336. The van der Waals surface area contributed by atoms with Crippen LogP contribution in [-0.2, 0) is 0 Å². The quantitative estimate of drug-likeness (QED) is 0.498. The SMILES string of the molecule is COc1ccccc1[C@H]1Oc2ccccc2[C@@H]2CC(c3ccc(Cl)cc3Cl)=NN12. The van der Waals surface area contributed by atoms with Crippen molar-refractivity contribution < 1.29 is 9.47 Å². The number of methoxy groups -OCH3 is 1. The van der Waals surface area contributed by atoms with E-state index in [4.69, 9.17) is 37.8 Å². The number of halogens is 2. The second kappa shape index (κ2) is 7.29. The van der Waals surface area contributed by atoms with Crippen LogP contribution in [0.25, 0.3) is 0 Å². The van der Waals surface area contributed by atoms with E-state index in [0.29, 0.717) is 10.0 Å². The summed E-state index contributed by atoms with van der Waals surface area (Å²) in [5.41, 5.74) is 3.85. The molecule has 0 bridgehead atoms. The van der Waals surface area contributed by atoms with Gasteiger partial charge >= 0.3 is 0 Å². The van der Waals surface area contributed by atoms with E-state index >= 15 is 0 Å². The van der Waals surface area contributed by atoms with E-state index < -0.39 is 6.23 Å². The first-order valence-corrected chi connectivity index (χ1v) is 10.1. The van der Waals surface area contributed by atoms with Gasteiger partial charge in [0.1, 0.15) is 11.5 Å². The third kappa shape index (κ3) is 3.13. The van der Waals surface area contributed by atoms with Crippen LogP contribution in [0.3, 0.4) is 0 Å². The predicted octanol–water partition coefficient (Wildman–Crippen LogP) is 6.24. The fourth-order valence-electron chi connectivity index (χ4n) is 4.00. The maximum absolute atomic E-state index is 6.47. The summed E-state index contributed by atoms with van der Waals surface area (Å²) in [6, 6.07) is 21.5. The van der Waals surface area contributed by atoms with E-state index in [-0.39, 0.29) is 6.04 Å². The molecule has 146 valence electrons. The third-order valence-corrected chi connectivity index (χ3v) is 5.89. The Morgan fingerprint density at radius 2 is 1.76 bits per heavy atom. The number of nitrogens with zero attached hydrogens (tertiary/aromatic N) is 2. The van der Waals surface area contributed by atoms with Gasteiger partial charge in [-0.05, 0) is 30.3 Å². The molecule has 0 fully saturated rings. The first-order chi connectivity index (χ1) is 14.2. The Balaban J connectivity index is 1.63. The van der Waals surface area contributed by atoms with Crippen molar-refractivity contribution in [2.75, 3.05) is 7.11 Å². The van der Waals surface area contributed by atoms with Crippen LogP contribution < -0.4 is 9.47 Å². The smallest absolute Gasteiger partial charge is 0.217 e. The highest BCUT2D eigenvalue weighted by Gasteiger charge is 2.42. The highest BCUT2D eigenvalue weighted by Crippen LogP contribution is 2.49. The van der Waals surface area contributed by atoms with Crippen molar-refractivity contribution in [2.45, 2.75) is 18.7 Å². The van der Waals surface area contributed by atoms with Crippen LogP contribution in [0, 0.1) is 0 Å². The van der Waals surface area contributed by atoms with Gasteiger partial charge in [-0.25, -0.2) is 5.01 Å². The minimum atomic E-state index is -0.394. The Labute approximate surface area is 179 Å². The van der Waals surface area contributed by atoms with Gasteiger partial charge in [0.2, 0.25) is 6.23 Å². The zero-order valence-corrected chi connectivity index (χ0v) is 17.2. The molecule has 0 radical (unpaired) electrons. The Bertz CT molecular complexity index is 1120. The summed E-state index contributed by atoms with van der Waals surface area (Å²) < 4.78 is 12.0. The van der Waals surface area contributed by atoms with Gasteiger partial charge in [-0.1, -0.05) is 59.6 Å². The Morgan fingerprint density at radius 3 is 2.55 bits per heavy atom. The molecule has 0 saturated carbocycles. The number of fused-ring (bicyclic) bond motifs is 3. The van der Waals surface area contributed by atoms with Crippen LogP contribution in [-0.4, -0.2) is 17.8 Å². The molecule has 0 aliphatic carbocycles. The molecule has 0 saturated heterocycles. The first-order valence-electron chi connectivity index (χ1n) is 9.35. The first kappa shape index (κ1) is 18.3. The molecule has 3 aromatic carbocycles. The number of benzene rings is 3. The summed E-state index contributed by atoms with van der Waals surface area (Å²) in [6.45, 7) is 0. The van der Waals surface area contributed by atoms with Gasteiger partial charge in [0, 0.05) is 22.6 Å². The molecule has 2 aliphatic rings. The van der Waals surface area contributed by atoms with Gasteiger partial charge in [0.05, 0.1) is 29.4 Å². The largest absolute Gasteiger partial charge is 0.496 e. The number of ether oxygens (including phenoxy) is 2. The lowest BCUT2D eigenvalue weighted by Gasteiger charge is -2.38. The van der Waals surface area contributed by atoms with E-state index in [1.54, 1.807) is 13.2 Å². The predicted molar refractivity (Wildman–Crippen MR) is 115 cm³/mol. The minimum Gasteiger partial charge on any atom is -0.496 e. The van der Waals surface area contributed by atoms with Gasteiger partial charge in [-0.15, -0.1) is 0 Å². The second-order valence-electron chi connectivity index (χ2n) is 7.02.